The summed E-state index contributed by atoms with van der Waals surface area (Å²) in [6.07, 6.45) is 4.27. The minimum absolute atomic E-state index is 0.0934. The van der Waals surface area contributed by atoms with E-state index < -0.39 is 11.9 Å². The zero-order valence-corrected chi connectivity index (χ0v) is 13.1. The van der Waals surface area contributed by atoms with E-state index in [2.05, 4.69) is 12.2 Å². The molecule has 1 aliphatic rings. The van der Waals surface area contributed by atoms with Crippen LogP contribution in [0.25, 0.3) is 0 Å². The van der Waals surface area contributed by atoms with E-state index in [0.717, 1.165) is 12.8 Å². The lowest BCUT2D eigenvalue weighted by Crippen LogP contribution is -2.30. The van der Waals surface area contributed by atoms with Gasteiger partial charge in [0.25, 0.3) is 0 Å². The first kappa shape index (κ1) is 16.5. The van der Waals surface area contributed by atoms with Crippen LogP contribution in [0, 0.1) is 11.7 Å². The molecule has 1 aromatic carbocycles. The van der Waals surface area contributed by atoms with Crippen molar-refractivity contribution in [1.82, 2.24) is 0 Å². The third-order valence-electron chi connectivity index (χ3n) is 3.87. The summed E-state index contributed by atoms with van der Waals surface area (Å²) < 4.78 is 19.0. The van der Waals surface area contributed by atoms with E-state index in [-0.39, 0.29) is 11.1 Å². The molecule has 0 aliphatic heterocycles. The topological polar surface area (TPSA) is 41.5 Å². The summed E-state index contributed by atoms with van der Waals surface area (Å²) in [7, 11) is 0. The lowest BCUT2D eigenvalue weighted by Gasteiger charge is -2.27. The van der Waals surface area contributed by atoms with Gasteiger partial charge in [-0.15, -0.1) is 0 Å². The summed E-state index contributed by atoms with van der Waals surface area (Å²) in [5.74, 6) is 0.236. The van der Waals surface area contributed by atoms with Gasteiger partial charge in [0.15, 0.2) is 0 Å². The monoisotopic (exact) mass is 315 g/mol. The van der Waals surface area contributed by atoms with Crippen molar-refractivity contribution in [1.29, 1.82) is 0 Å². The Kier molecular flexibility index (Phi) is 6.27. The highest BCUT2D eigenvalue weighted by Crippen LogP contribution is 2.25. The van der Waals surface area contributed by atoms with Gasteiger partial charge in [-0.25, -0.2) is 4.39 Å². The van der Waals surface area contributed by atoms with Gasteiger partial charge in [0.2, 0.25) is 0 Å². The maximum absolute atomic E-state index is 13.3. The van der Waals surface area contributed by atoms with Crippen molar-refractivity contribution in [2.45, 2.75) is 44.8 Å². The molecule has 1 fully saturated rings. The SMILES string of the molecule is CC1CCCC(OCC(O)CNc2ccc(Cl)c(F)c2)C1. The van der Waals surface area contributed by atoms with Gasteiger partial charge in [-0.1, -0.05) is 31.4 Å². The fraction of sp³-hybridized carbons (Fsp3) is 0.625. The Morgan fingerprint density at radius 2 is 2.29 bits per heavy atom. The predicted molar refractivity (Wildman–Crippen MR) is 83.3 cm³/mol. The molecule has 5 heteroatoms. The van der Waals surface area contributed by atoms with Crippen LogP contribution in [0.1, 0.15) is 32.6 Å². The van der Waals surface area contributed by atoms with E-state index in [1.165, 1.54) is 25.0 Å². The van der Waals surface area contributed by atoms with Gasteiger partial charge in [-0.3, -0.25) is 0 Å². The largest absolute Gasteiger partial charge is 0.389 e. The van der Waals surface area contributed by atoms with Crippen LogP contribution in [0.4, 0.5) is 10.1 Å². The number of nitrogens with one attached hydrogen (secondary N) is 1. The average Bonchev–Trinajstić information content (AvgIpc) is 2.46. The van der Waals surface area contributed by atoms with Gasteiger partial charge >= 0.3 is 0 Å². The summed E-state index contributed by atoms with van der Waals surface area (Å²) in [6, 6.07) is 4.49. The number of anilines is 1. The number of rotatable bonds is 6. The first-order chi connectivity index (χ1) is 10.0. The summed E-state index contributed by atoms with van der Waals surface area (Å²) >= 11 is 5.62. The number of aliphatic hydroxyl groups is 1. The van der Waals surface area contributed by atoms with Crippen LogP contribution < -0.4 is 5.32 Å². The van der Waals surface area contributed by atoms with Crippen LogP contribution in [-0.4, -0.2) is 30.5 Å². The van der Waals surface area contributed by atoms with Gasteiger partial charge in [0, 0.05) is 12.2 Å². The van der Waals surface area contributed by atoms with Crippen LogP contribution >= 0.6 is 11.6 Å². The third kappa shape index (κ3) is 5.46. The minimum atomic E-state index is -0.610. The Labute approximate surface area is 130 Å². The Hall–Kier alpha value is -0.840. The van der Waals surface area contributed by atoms with E-state index in [0.29, 0.717) is 24.8 Å². The van der Waals surface area contributed by atoms with Crippen LogP contribution in [0.15, 0.2) is 18.2 Å². The van der Waals surface area contributed by atoms with E-state index in [1.807, 2.05) is 0 Å². The van der Waals surface area contributed by atoms with Gasteiger partial charge in [-0.05, 0) is 37.0 Å². The zero-order valence-electron chi connectivity index (χ0n) is 12.3. The predicted octanol–water partition coefficient (Wildman–Crippen LogP) is 3.85. The Morgan fingerprint density at radius 1 is 1.48 bits per heavy atom. The highest BCUT2D eigenvalue weighted by atomic mass is 35.5. The van der Waals surface area contributed by atoms with Crippen molar-refractivity contribution in [3.63, 3.8) is 0 Å². The van der Waals surface area contributed by atoms with Crippen molar-refractivity contribution >= 4 is 17.3 Å². The second-order valence-corrected chi connectivity index (χ2v) is 6.30. The summed E-state index contributed by atoms with van der Waals surface area (Å²) in [5, 5.41) is 13.0. The first-order valence-corrected chi connectivity index (χ1v) is 7.91. The van der Waals surface area contributed by atoms with E-state index >= 15 is 0 Å². The molecule has 0 amide bonds. The number of aliphatic hydroxyl groups excluding tert-OH is 1. The first-order valence-electron chi connectivity index (χ1n) is 7.53. The molecule has 0 spiro atoms. The van der Waals surface area contributed by atoms with Crippen molar-refractivity contribution in [2.75, 3.05) is 18.5 Å². The van der Waals surface area contributed by atoms with Gasteiger partial charge in [0.05, 0.1) is 23.8 Å². The molecule has 0 aromatic heterocycles. The summed E-state index contributed by atoms with van der Waals surface area (Å²) in [4.78, 5) is 0. The summed E-state index contributed by atoms with van der Waals surface area (Å²) in [6.45, 7) is 2.87. The number of hydrogen-bond donors (Lipinski definition) is 2. The van der Waals surface area contributed by atoms with Crippen molar-refractivity contribution in [2.24, 2.45) is 5.92 Å². The molecule has 0 saturated heterocycles. The molecule has 3 unspecified atom stereocenters. The molecule has 1 aliphatic carbocycles. The fourth-order valence-electron chi connectivity index (χ4n) is 2.68. The second-order valence-electron chi connectivity index (χ2n) is 5.89. The molecular weight excluding hydrogens is 293 g/mol. The molecule has 0 bridgehead atoms. The molecule has 118 valence electrons. The normalized spacial score (nSPS) is 23.8. The molecule has 0 radical (unpaired) electrons. The van der Waals surface area contributed by atoms with E-state index in [9.17, 15) is 9.50 Å². The lowest BCUT2D eigenvalue weighted by atomic mass is 9.89. The smallest absolute Gasteiger partial charge is 0.143 e. The van der Waals surface area contributed by atoms with Crippen LogP contribution in [0.3, 0.4) is 0 Å². The van der Waals surface area contributed by atoms with Gasteiger partial charge < -0.3 is 15.2 Å². The van der Waals surface area contributed by atoms with Crippen LogP contribution in [0.2, 0.25) is 5.02 Å². The van der Waals surface area contributed by atoms with Crippen molar-refractivity contribution in [3.8, 4) is 0 Å². The van der Waals surface area contributed by atoms with Gasteiger partial charge in [0.1, 0.15) is 5.82 Å². The molecule has 21 heavy (non-hydrogen) atoms. The fourth-order valence-corrected chi connectivity index (χ4v) is 2.80. The number of hydrogen-bond acceptors (Lipinski definition) is 3. The quantitative estimate of drug-likeness (QED) is 0.838. The summed E-state index contributed by atoms with van der Waals surface area (Å²) in [5.41, 5.74) is 0.599. The van der Waals surface area contributed by atoms with Crippen LogP contribution in [-0.2, 0) is 4.74 Å². The van der Waals surface area contributed by atoms with Gasteiger partial charge in [-0.2, -0.15) is 0 Å². The third-order valence-corrected chi connectivity index (χ3v) is 4.18. The molecule has 0 heterocycles. The molecule has 2 N–H and O–H groups in total. The van der Waals surface area contributed by atoms with Crippen LogP contribution in [0.5, 0.6) is 0 Å². The Bertz CT molecular complexity index is 458. The number of benzene rings is 1. The molecule has 3 nitrogen and oxygen atoms in total. The molecular formula is C16H23ClFNO2. The maximum Gasteiger partial charge on any atom is 0.143 e. The highest BCUT2D eigenvalue weighted by molar-refractivity contribution is 6.30. The second kappa shape index (κ2) is 7.97. The maximum atomic E-state index is 13.3. The number of halogens is 2. The van der Waals surface area contributed by atoms with Crippen molar-refractivity contribution < 1.29 is 14.2 Å². The minimum Gasteiger partial charge on any atom is -0.389 e. The molecule has 3 atom stereocenters. The van der Waals surface area contributed by atoms with E-state index in [1.54, 1.807) is 6.07 Å². The van der Waals surface area contributed by atoms with Crippen molar-refractivity contribution in [3.05, 3.63) is 29.0 Å². The lowest BCUT2D eigenvalue weighted by molar-refractivity contribution is -0.0274. The Balaban J connectivity index is 1.69. The molecule has 1 saturated carbocycles. The van der Waals surface area contributed by atoms with E-state index in [4.69, 9.17) is 16.3 Å². The standard InChI is InChI=1S/C16H23ClFNO2/c1-11-3-2-4-14(7-11)21-10-13(20)9-19-12-5-6-15(17)16(18)8-12/h5-6,8,11,13-14,19-20H,2-4,7,9-10H2,1H3. The molecule has 1 aromatic rings. The number of ether oxygens (including phenoxy) is 1. The Morgan fingerprint density at radius 3 is 3.00 bits per heavy atom. The zero-order chi connectivity index (χ0) is 15.2. The highest BCUT2D eigenvalue weighted by Gasteiger charge is 2.20. The molecule has 2 rings (SSSR count). The average molecular weight is 316 g/mol.